The highest BCUT2D eigenvalue weighted by Gasteiger charge is 2.31. The molecule has 248 valence electrons. The summed E-state index contributed by atoms with van der Waals surface area (Å²) < 4.78 is 0. The molecule has 0 fully saturated rings. The normalized spacial score (nSPS) is 16.2. The predicted molar refractivity (Wildman–Crippen MR) is 183 cm³/mol. The zero-order valence-electron chi connectivity index (χ0n) is 27.0. The van der Waals surface area contributed by atoms with Gasteiger partial charge in [0.15, 0.2) is 0 Å². The number of nitrogens with two attached hydrogens (primary N) is 1. The summed E-state index contributed by atoms with van der Waals surface area (Å²) in [4.78, 5) is 52.6. The van der Waals surface area contributed by atoms with Gasteiger partial charge in [0.1, 0.15) is 5.71 Å². The molecule has 0 saturated carbocycles. The molecule has 0 bridgehead atoms. The molecule has 0 saturated heterocycles. The zero-order valence-corrected chi connectivity index (χ0v) is 27.0. The van der Waals surface area contributed by atoms with E-state index in [1.807, 2.05) is 13.8 Å². The van der Waals surface area contributed by atoms with E-state index in [0.717, 1.165) is 18.4 Å². The van der Waals surface area contributed by atoms with Crippen LogP contribution in [0.3, 0.4) is 0 Å². The summed E-state index contributed by atoms with van der Waals surface area (Å²) in [7, 11) is 1.53. The van der Waals surface area contributed by atoms with Gasteiger partial charge >= 0.3 is 6.03 Å². The number of aliphatic imine (C=N–C) groups is 1. The molecule has 5 amide bonds. The summed E-state index contributed by atoms with van der Waals surface area (Å²) in [5, 5.41) is 11.6. The Labute approximate surface area is 267 Å². The second kappa shape index (κ2) is 16.7. The number of fused-ring (bicyclic) bond motifs is 2. The predicted octanol–water partition coefficient (Wildman–Crippen LogP) is 3.90. The van der Waals surface area contributed by atoms with Crippen LogP contribution < -0.4 is 27.0 Å². The first kappa shape index (κ1) is 34.5. The van der Waals surface area contributed by atoms with Crippen molar-refractivity contribution in [3.63, 3.8) is 0 Å². The Morgan fingerprint density at radius 1 is 0.977 bits per heavy atom. The fourth-order valence-corrected chi connectivity index (χ4v) is 5.95. The lowest BCUT2D eigenvalue weighted by Crippen LogP contribution is -2.44. The number of benzene rings is 1. The lowest BCUT2D eigenvalue weighted by Gasteiger charge is -2.22. The van der Waals surface area contributed by atoms with Crippen LogP contribution >= 0.6 is 0 Å². The quantitative estimate of drug-likeness (QED) is 0.198. The van der Waals surface area contributed by atoms with E-state index in [2.05, 4.69) is 32.3 Å². The van der Waals surface area contributed by atoms with Crippen molar-refractivity contribution >= 4 is 35.2 Å². The van der Waals surface area contributed by atoms with E-state index in [-0.39, 0.29) is 35.2 Å². The minimum absolute atomic E-state index is 0. The van der Waals surface area contributed by atoms with Crippen molar-refractivity contribution in [2.75, 3.05) is 45.1 Å². The number of imide groups is 1. The minimum Gasteiger partial charge on any atom is -0.402 e. The molecule has 4 rings (SSSR count). The van der Waals surface area contributed by atoms with Crippen LogP contribution in [0.25, 0.3) is 0 Å². The second-order valence-electron chi connectivity index (χ2n) is 11.5. The van der Waals surface area contributed by atoms with Crippen molar-refractivity contribution in [2.45, 2.75) is 79.1 Å². The lowest BCUT2D eigenvalue weighted by atomic mass is 9.87. The molecule has 0 unspecified atom stereocenters. The molecule has 44 heavy (non-hydrogen) atoms. The summed E-state index contributed by atoms with van der Waals surface area (Å²) >= 11 is 0. The standard InChI is InChI=1S/C18H30N6O3.C15H19NO.4H2/c1-5-14-12(2)11-24(17(14)26)18(27)23-9-7-21-6-8-22-16(25)15(20-4)10-13(3)19;1-10(17)16-15-13-7-3-2-5-11(13)9-12-6-4-8-14(12)15;;;;/h10,21H,5-9,11,19H2,1-4H3,(H,22,25)(H,23,27);9H,2-8H2,1H3,(H,16,17);4*1H/b13-10-,20-15?;;;;;. The number of hydrogen-bond acceptors (Lipinski definition) is 7. The molecule has 11 nitrogen and oxygen atoms in total. The molecule has 1 heterocycles. The topological polar surface area (TPSA) is 158 Å². The van der Waals surface area contributed by atoms with Gasteiger partial charge in [-0.25, -0.2) is 4.79 Å². The van der Waals surface area contributed by atoms with E-state index in [9.17, 15) is 19.2 Å². The molecule has 1 aromatic carbocycles. The highest BCUT2D eigenvalue weighted by atomic mass is 16.2. The van der Waals surface area contributed by atoms with Crippen LogP contribution in [0.15, 0.2) is 34.0 Å². The molecular formula is C33H57N7O4. The number of amides is 5. The maximum atomic E-state index is 12.1. The molecular weight excluding hydrogens is 558 g/mol. The molecule has 2 aliphatic carbocycles. The molecule has 0 radical (unpaired) electrons. The zero-order chi connectivity index (χ0) is 32.2. The van der Waals surface area contributed by atoms with E-state index >= 15 is 0 Å². The average molecular weight is 616 g/mol. The highest BCUT2D eigenvalue weighted by Crippen LogP contribution is 2.37. The van der Waals surface area contributed by atoms with Crippen LogP contribution in [0, 0.1) is 0 Å². The Hall–Kier alpha value is -3.99. The summed E-state index contributed by atoms with van der Waals surface area (Å²) in [6.07, 6.45) is 10.6. The number of anilines is 1. The number of allylic oxidation sites excluding steroid dienone is 1. The van der Waals surface area contributed by atoms with Gasteiger partial charge in [0, 0.05) is 62.8 Å². The number of nitrogens with zero attached hydrogens (tertiary/aromatic N) is 2. The van der Waals surface area contributed by atoms with E-state index in [1.165, 1.54) is 78.1 Å². The number of nitrogens with one attached hydrogen (secondary N) is 4. The van der Waals surface area contributed by atoms with Gasteiger partial charge in [-0.3, -0.25) is 24.3 Å². The third-order valence-corrected chi connectivity index (χ3v) is 8.04. The molecule has 3 aliphatic rings. The number of carbonyl (C=O) groups excluding carboxylic acids is 4. The fraction of sp³-hybridized carbons (Fsp3) is 0.545. The van der Waals surface area contributed by atoms with Crippen LogP contribution in [0.1, 0.15) is 81.3 Å². The first-order valence-electron chi connectivity index (χ1n) is 15.7. The average Bonchev–Trinajstić information content (AvgIpc) is 3.58. The molecule has 1 aromatic rings. The van der Waals surface area contributed by atoms with Crippen molar-refractivity contribution in [2.24, 2.45) is 10.7 Å². The third-order valence-electron chi connectivity index (χ3n) is 8.04. The first-order valence-corrected chi connectivity index (χ1v) is 15.7. The van der Waals surface area contributed by atoms with Gasteiger partial charge in [0.05, 0.1) is 6.54 Å². The SMILES string of the molecule is CC(=O)Nc1c2c(cc3c1CCC3)CCCC2.CCC1=C(C)CN(C(=O)NCCNCCNC(=O)C(/C=C(/C)N)=NC)C1=O.[HH].[HH].[HH].[HH]. The van der Waals surface area contributed by atoms with Crippen LogP contribution in [-0.2, 0) is 40.1 Å². The Morgan fingerprint density at radius 2 is 1.59 bits per heavy atom. The van der Waals surface area contributed by atoms with Gasteiger partial charge in [-0.05, 0) is 99.1 Å². The van der Waals surface area contributed by atoms with Crippen molar-refractivity contribution in [3.05, 3.63) is 51.2 Å². The number of rotatable bonds is 10. The number of urea groups is 1. The first-order chi connectivity index (χ1) is 21.1. The van der Waals surface area contributed by atoms with Gasteiger partial charge in [0.25, 0.3) is 11.8 Å². The van der Waals surface area contributed by atoms with Crippen molar-refractivity contribution in [3.8, 4) is 0 Å². The maximum absolute atomic E-state index is 12.1. The van der Waals surface area contributed by atoms with Crippen molar-refractivity contribution in [1.82, 2.24) is 20.9 Å². The van der Waals surface area contributed by atoms with Gasteiger partial charge in [-0.1, -0.05) is 13.0 Å². The fourth-order valence-electron chi connectivity index (χ4n) is 5.95. The van der Waals surface area contributed by atoms with E-state index in [4.69, 9.17) is 5.73 Å². The Kier molecular flexibility index (Phi) is 13.1. The monoisotopic (exact) mass is 615 g/mol. The van der Waals surface area contributed by atoms with Crippen LogP contribution in [0.5, 0.6) is 0 Å². The summed E-state index contributed by atoms with van der Waals surface area (Å²) in [6.45, 7) is 9.28. The molecule has 0 aromatic heterocycles. The molecule has 6 N–H and O–H groups in total. The summed E-state index contributed by atoms with van der Waals surface area (Å²) in [5.41, 5.74) is 15.0. The number of carbonyl (C=O) groups is 4. The van der Waals surface area contributed by atoms with Crippen LogP contribution in [0.4, 0.5) is 10.5 Å². The molecule has 11 heteroatoms. The Morgan fingerprint density at radius 3 is 2.18 bits per heavy atom. The van der Waals surface area contributed by atoms with Crippen molar-refractivity contribution < 1.29 is 24.9 Å². The summed E-state index contributed by atoms with van der Waals surface area (Å²) in [5.74, 6) is -0.434. The highest BCUT2D eigenvalue weighted by molar-refractivity contribution is 6.43. The van der Waals surface area contributed by atoms with Gasteiger partial charge in [-0.2, -0.15) is 0 Å². The smallest absolute Gasteiger partial charge is 0.324 e. The van der Waals surface area contributed by atoms with E-state index in [0.29, 0.717) is 50.4 Å². The van der Waals surface area contributed by atoms with Gasteiger partial charge < -0.3 is 27.0 Å². The maximum Gasteiger partial charge on any atom is 0.324 e. The van der Waals surface area contributed by atoms with E-state index < -0.39 is 0 Å². The van der Waals surface area contributed by atoms with Crippen LogP contribution in [0.2, 0.25) is 0 Å². The molecule has 1 aliphatic heterocycles. The number of aryl methyl sites for hydroxylation is 2. The minimum atomic E-state index is -0.384. The Bertz CT molecular complexity index is 1360. The van der Waals surface area contributed by atoms with Gasteiger partial charge in [-0.15, -0.1) is 0 Å². The molecule has 0 atom stereocenters. The lowest BCUT2D eigenvalue weighted by molar-refractivity contribution is -0.123. The number of hydrogen-bond donors (Lipinski definition) is 5. The third kappa shape index (κ3) is 9.25. The Balaban J connectivity index is 0. The van der Waals surface area contributed by atoms with E-state index in [1.54, 1.807) is 13.8 Å². The van der Waals surface area contributed by atoms with Crippen molar-refractivity contribution in [1.29, 1.82) is 0 Å². The van der Waals surface area contributed by atoms with Crippen LogP contribution in [-0.4, -0.2) is 74.1 Å². The second-order valence-corrected chi connectivity index (χ2v) is 11.5. The van der Waals surface area contributed by atoms with Gasteiger partial charge in [0.2, 0.25) is 5.91 Å². The largest absolute Gasteiger partial charge is 0.402 e. The summed E-state index contributed by atoms with van der Waals surface area (Å²) in [6, 6.07) is 2.02. The molecule has 0 spiro atoms.